The molecule has 0 bridgehead atoms. The summed E-state index contributed by atoms with van der Waals surface area (Å²) in [5, 5.41) is 20.3. The fourth-order valence-electron chi connectivity index (χ4n) is 2.64. The SMILES string of the molecule is CC(O)c1cccc(-c2nccc(Nc3cc(C4CC4)[nH]n3)n2)c1.[HH].[HH].[HH]. The van der Waals surface area contributed by atoms with Gasteiger partial charge in [-0.25, -0.2) is 9.97 Å². The average molecular weight is 327 g/mol. The Labute approximate surface area is 144 Å². The summed E-state index contributed by atoms with van der Waals surface area (Å²) in [5.41, 5.74) is 2.89. The zero-order chi connectivity index (χ0) is 16.5. The maximum Gasteiger partial charge on any atom is 0.161 e. The molecule has 24 heavy (non-hydrogen) atoms. The minimum atomic E-state index is -0.517. The van der Waals surface area contributed by atoms with Gasteiger partial charge in [0.15, 0.2) is 11.6 Å². The zero-order valence-corrected chi connectivity index (χ0v) is 13.4. The van der Waals surface area contributed by atoms with Gasteiger partial charge in [0.05, 0.1) is 6.10 Å². The minimum absolute atomic E-state index is 0. The number of aromatic amines is 1. The Morgan fingerprint density at radius 2 is 2.12 bits per heavy atom. The second-order valence-corrected chi connectivity index (χ2v) is 6.17. The third-order valence-corrected chi connectivity index (χ3v) is 4.15. The van der Waals surface area contributed by atoms with Crippen molar-refractivity contribution in [2.45, 2.75) is 31.8 Å². The van der Waals surface area contributed by atoms with E-state index in [0.717, 1.165) is 16.9 Å². The summed E-state index contributed by atoms with van der Waals surface area (Å²) in [6.07, 6.45) is 3.67. The molecule has 2 heterocycles. The summed E-state index contributed by atoms with van der Waals surface area (Å²) in [7, 11) is 0. The molecule has 4 rings (SSSR count). The smallest absolute Gasteiger partial charge is 0.161 e. The molecule has 6 heteroatoms. The second kappa shape index (κ2) is 6.05. The van der Waals surface area contributed by atoms with E-state index in [0.29, 0.717) is 17.6 Å². The van der Waals surface area contributed by atoms with E-state index in [2.05, 4.69) is 25.5 Å². The quantitative estimate of drug-likeness (QED) is 0.651. The first kappa shape index (κ1) is 14.8. The highest BCUT2D eigenvalue weighted by atomic mass is 16.3. The largest absolute Gasteiger partial charge is 0.389 e. The van der Waals surface area contributed by atoms with Crippen molar-refractivity contribution < 1.29 is 9.39 Å². The Hall–Kier alpha value is -2.73. The predicted octanol–water partition coefficient (Wildman–Crippen LogP) is 4.28. The Balaban J connectivity index is 0.00000121. The fourth-order valence-corrected chi connectivity index (χ4v) is 2.64. The summed E-state index contributed by atoms with van der Waals surface area (Å²) in [6, 6.07) is 11.5. The van der Waals surface area contributed by atoms with Crippen molar-refractivity contribution in [3.63, 3.8) is 0 Å². The Morgan fingerprint density at radius 1 is 1.25 bits per heavy atom. The summed E-state index contributed by atoms with van der Waals surface area (Å²) < 4.78 is 0. The van der Waals surface area contributed by atoms with Crippen LogP contribution in [0.4, 0.5) is 11.6 Å². The first-order chi connectivity index (χ1) is 11.7. The lowest BCUT2D eigenvalue weighted by Gasteiger charge is -2.08. The number of aliphatic hydroxyl groups is 1. The van der Waals surface area contributed by atoms with E-state index in [1.165, 1.54) is 18.5 Å². The van der Waals surface area contributed by atoms with E-state index < -0.39 is 6.10 Å². The van der Waals surface area contributed by atoms with Crippen LogP contribution in [-0.2, 0) is 0 Å². The van der Waals surface area contributed by atoms with Crippen LogP contribution in [0, 0.1) is 0 Å². The first-order valence-electron chi connectivity index (χ1n) is 8.13. The van der Waals surface area contributed by atoms with Gasteiger partial charge in [-0.15, -0.1) is 0 Å². The van der Waals surface area contributed by atoms with Gasteiger partial charge in [0.2, 0.25) is 0 Å². The molecule has 3 aromatic rings. The third-order valence-electron chi connectivity index (χ3n) is 4.15. The van der Waals surface area contributed by atoms with E-state index in [4.69, 9.17) is 0 Å². The van der Waals surface area contributed by atoms with Gasteiger partial charge >= 0.3 is 0 Å². The lowest BCUT2D eigenvalue weighted by Crippen LogP contribution is -1.98. The lowest BCUT2D eigenvalue weighted by molar-refractivity contribution is 0.199. The molecule has 6 nitrogen and oxygen atoms in total. The number of benzene rings is 1. The topological polar surface area (TPSA) is 86.7 Å². The molecule has 1 fully saturated rings. The van der Waals surface area contributed by atoms with Gasteiger partial charge in [0, 0.05) is 33.7 Å². The van der Waals surface area contributed by atoms with Crippen LogP contribution in [0.5, 0.6) is 0 Å². The number of aliphatic hydroxyl groups excluding tert-OH is 1. The van der Waals surface area contributed by atoms with Crippen molar-refractivity contribution in [1.29, 1.82) is 0 Å². The van der Waals surface area contributed by atoms with Crippen molar-refractivity contribution in [3.8, 4) is 11.4 Å². The molecule has 3 N–H and O–H groups in total. The standard InChI is InChI=1S/C18H19N5O.3H2/c1-11(24)13-3-2-4-14(9-13)18-19-8-7-16(21-18)20-17-10-15(22-23-17)12-5-6-12;;;/h2-4,7-12,24H,5-6H2,1H3,(H2,19,20,21,22,23);3*1H. The predicted molar refractivity (Wildman–Crippen MR) is 98.3 cm³/mol. The van der Waals surface area contributed by atoms with Crippen molar-refractivity contribution in [1.82, 2.24) is 20.2 Å². The van der Waals surface area contributed by atoms with Crippen LogP contribution in [0.15, 0.2) is 42.6 Å². The molecule has 0 amide bonds. The van der Waals surface area contributed by atoms with E-state index in [1.807, 2.05) is 36.4 Å². The van der Waals surface area contributed by atoms with Crippen LogP contribution < -0.4 is 5.32 Å². The van der Waals surface area contributed by atoms with Crippen LogP contribution in [0.3, 0.4) is 0 Å². The van der Waals surface area contributed by atoms with Gasteiger partial charge < -0.3 is 10.4 Å². The summed E-state index contributed by atoms with van der Waals surface area (Å²) >= 11 is 0. The molecule has 2 aromatic heterocycles. The van der Waals surface area contributed by atoms with Crippen molar-refractivity contribution in [2.75, 3.05) is 5.32 Å². The van der Waals surface area contributed by atoms with Gasteiger partial charge in [-0.1, -0.05) is 18.2 Å². The molecule has 0 spiro atoms. The number of hydrogen-bond donors (Lipinski definition) is 3. The van der Waals surface area contributed by atoms with Crippen molar-refractivity contribution >= 4 is 11.6 Å². The number of nitrogens with zero attached hydrogens (tertiary/aromatic N) is 3. The van der Waals surface area contributed by atoms with Crippen LogP contribution >= 0.6 is 0 Å². The molecule has 1 unspecified atom stereocenters. The van der Waals surface area contributed by atoms with Gasteiger partial charge in [0.25, 0.3) is 0 Å². The van der Waals surface area contributed by atoms with Crippen LogP contribution in [0.1, 0.15) is 47.3 Å². The molecule has 1 aromatic carbocycles. The number of aromatic nitrogens is 4. The molecule has 0 aliphatic heterocycles. The molecule has 1 aliphatic rings. The van der Waals surface area contributed by atoms with E-state index in [-0.39, 0.29) is 4.28 Å². The lowest BCUT2D eigenvalue weighted by atomic mass is 10.1. The maximum absolute atomic E-state index is 9.73. The van der Waals surface area contributed by atoms with E-state index >= 15 is 0 Å². The van der Waals surface area contributed by atoms with E-state index in [1.54, 1.807) is 13.1 Å². The third kappa shape index (κ3) is 3.14. The maximum atomic E-state index is 9.73. The van der Waals surface area contributed by atoms with E-state index in [9.17, 15) is 5.11 Å². The van der Waals surface area contributed by atoms with Crippen molar-refractivity contribution in [3.05, 3.63) is 53.9 Å². The average Bonchev–Trinajstić information content (AvgIpc) is 3.35. The highest BCUT2D eigenvalue weighted by Crippen LogP contribution is 2.39. The number of rotatable bonds is 5. The van der Waals surface area contributed by atoms with Gasteiger partial charge in [-0.3, -0.25) is 5.10 Å². The zero-order valence-electron chi connectivity index (χ0n) is 13.4. The Morgan fingerprint density at radius 3 is 2.92 bits per heavy atom. The Bertz CT molecular complexity index is 867. The molecule has 1 saturated carbocycles. The van der Waals surface area contributed by atoms with Crippen molar-refractivity contribution in [2.24, 2.45) is 0 Å². The summed E-state index contributed by atoms with van der Waals surface area (Å²) in [5.74, 6) is 2.70. The van der Waals surface area contributed by atoms with Gasteiger partial charge in [-0.05, 0) is 37.5 Å². The van der Waals surface area contributed by atoms with Gasteiger partial charge in [0.1, 0.15) is 5.82 Å². The molecule has 1 aliphatic carbocycles. The molecule has 0 radical (unpaired) electrons. The number of H-pyrrole nitrogens is 1. The number of nitrogens with one attached hydrogen (secondary N) is 2. The monoisotopic (exact) mass is 327 g/mol. The minimum Gasteiger partial charge on any atom is -0.389 e. The fraction of sp³-hybridized carbons (Fsp3) is 0.278. The number of anilines is 2. The molecular formula is C18H25N5O. The van der Waals surface area contributed by atoms with Crippen LogP contribution in [-0.4, -0.2) is 25.3 Å². The summed E-state index contributed by atoms with van der Waals surface area (Å²) in [4.78, 5) is 8.88. The molecular weight excluding hydrogens is 302 g/mol. The van der Waals surface area contributed by atoms with Gasteiger partial charge in [-0.2, -0.15) is 5.10 Å². The van der Waals surface area contributed by atoms with Crippen LogP contribution in [0.25, 0.3) is 11.4 Å². The summed E-state index contributed by atoms with van der Waals surface area (Å²) in [6.45, 7) is 1.74. The Kier molecular flexibility index (Phi) is 3.74. The highest BCUT2D eigenvalue weighted by molar-refractivity contribution is 5.60. The molecule has 0 saturated heterocycles. The van der Waals surface area contributed by atoms with Crippen LogP contribution in [0.2, 0.25) is 0 Å². The number of hydrogen-bond acceptors (Lipinski definition) is 5. The highest BCUT2D eigenvalue weighted by Gasteiger charge is 2.25. The first-order valence-corrected chi connectivity index (χ1v) is 8.13. The molecule has 128 valence electrons. The normalized spacial score (nSPS) is 15.2. The molecule has 1 atom stereocenters. The second-order valence-electron chi connectivity index (χ2n) is 6.17.